The van der Waals surface area contributed by atoms with Crippen LogP contribution in [0.25, 0.3) is 0 Å². The molecular weight excluding hydrogens is 509 g/mol. The molecule has 0 atom stereocenters. The van der Waals surface area contributed by atoms with E-state index in [1.54, 1.807) is 37.6 Å². The number of aromatic nitrogens is 3. The number of methoxy groups -OCH3 is 1. The van der Waals surface area contributed by atoms with E-state index in [4.69, 9.17) is 9.47 Å². The van der Waals surface area contributed by atoms with Crippen molar-refractivity contribution in [1.82, 2.24) is 15.0 Å². The van der Waals surface area contributed by atoms with Gasteiger partial charge in [0, 0.05) is 11.4 Å². The van der Waals surface area contributed by atoms with E-state index in [1.165, 1.54) is 12.1 Å². The van der Waals surface area contributed by atoms with Crippen LogP contribution in [0.4, 0.5) is 33.6 Å². The lowest BCUT2D eigenvalue weighted by atomic mass is 10.2. The van der Waals surface area contributed by atoms with Crippen LogP contribution in [0.15, 0.2) is 108 Å². The normalized spacial score (nSPS) is 10.8. The van der Waals surface area contributed by atoms with Crippen LogP contribution in [0, 0.1) is 5.82 Å². The van der Waals surface area contributed by atoms with E-state index in [2.05, 4.69) is 36.1 Å². The number of nitrogens with one attached hydrogen (secondary N) is 3. The topological polar surface area (TPSA) is 106 Å². The summed E-state index contributed by atoms with van der Waals surface area (Å²) in [4.78, 5) is 13.4. The number of hydrogen-bond acceptors (Lipinski definition) is 9. The summed E-state index contributed by atoms with van der Waals surface area (Å²) in [5.74, 6) is 1.75. The minimum atomic E-state index is -0.289. The van der Waals surface area contributed by atoms with Gasteiger partial charge < -0.3 is 20.1 Å². The van der Waals surface area contributed by atoms with Crippen LogP contribution >= 0.6 is 0 Å². The van der Waals surface area contributed by atoms with E-state index in [0.29, 0.717) is 23.4 Å². The summed E-state index contributed by atoms with van der Waals surface area (Å²) in [6.07, 6.45) is 1.62. The Morgan fingerprint density at radius 1 is 0.725 bits per heavy atom. The number of hydrogen-bond donors (Lipinski definition) is 3. The highest BCUT2D eigenvalue weighted by molar-refractivity contribution is 5.81. The van der Waals surface area contributed by atoms with Crippen LogP contribution in [-0.4, -0.2) is 28.3 Å². The summed E-state index contributed by atoms with van der Waals surface area (Å²) >= 11 is 0. The first-order valence-corrected chi connectivity index (χ1v) is 12.4. The molecular formula is C30H26FN7O2. The Morgan fingerprint density at radius 3 is 1.93 bits per heavy atom. The summed E-state index contributed by atoms with van der Waals surface area (Å²) in [5, 5.41) is 10.7. The highest BCUT2D eigenvalue weighted by Crippen LogP contribution is 2.28. The molecule has 5 rings (SSSR count). The fourth-order valence-electron chi connectivity index (χ4n) is 3.63. The van der Waals surface area contributed by atoms with E-state index < -0.39 is 0 Å². The number of hydrazone groups is 1. The highest BCUT2D eigenvalue weighted by atomic mass is 19.1. The van der Waals surface area contributed by atoms with Gasteiger partial charge >= 0.3 is 0 Å². The maximum absolute atomic E-state index is 13.1. The SMILES string of the molecule is COc1cc(/C=N\Nc2nc(Nc3ccccc3)nc(Nc3ccccc3)n2)ccc1OCc1ccc(F)cc1. The Bertz CT molecular complexity index is 1510. The molecule has 0 unspecified atom stereocenters. The zero-order valence-electron chi connectivity index (χ0n) is 21.6. The molecule has 0 saturated heterocycles. The number of para-hydroxylation sites is 2. The van der Waals surface area contributed by atoms with Gasteiger partial charge in [-0.2, -0.15) is 20.1 Å². The molecule has 0 aliphatic carbocycles. The molecule has 0 spiro atoms. The molecule has 0 fully saturated rings. The van der Waals surface area contributed by atoms with Crippen molar-refractivity contribution in [2.75, 3.05) is 23.2 Å². The van der Waals surface area contributed by atoms with Gasteiger partial charge in [0.15, 0.2) is 11.5 Å². The van der Waals surface area contributed by atoms with Crippen molar-refractivity contribution >= 4 is 35.4 Å². The molecule has 1 aromatic heterocycles. The Morgan fingerprint density at radius 2 is 1.32 bits per heavy atom. The molecule has 0 bridgehead atoms. The lowest BCUT2D eigenvalue weighted by Crippen LogP contribution is -2.07. The lowest BCUT2D eigenvalue weighted by molar-refractivity contribution is 0.284. The zero-order valence-corrected chi connectivity index (χ0v) is 21.6. The largest absolute Gasteiger partial charge is 0.493 e. The first kappa shape index (κ1) is 26.1. The molecule has 4 aromatic carbocycles. The highest BCUT2D eigenvalue weighted by Gasteiger charge is 2.09. The Labute approximate surface area is 230 Å². The van der Waals surface area contributed by atoms with Crippen LogP contribution < -0.4 is 25.5 Å². The molecule has 200 valence electrons. The van der Waals surface area contributed by atoms with E-state index in [-0.39, 0.29) is 18.4 Å². The summed E-state index contributed by atoms with van der Waals surface area (Å²) in [7, 11) is 1.56. The number of nitrogens with zero attached hydrogens (tertiary/aromatic N) is 4. The lowest BCUT2D eigenvalue weighted by Gasteiger charge is -2.11. The van der Waals surface area contributed by atoms with Gasteiger partial charge in [-0.1, -0.05) is 48.5 Å². The van der Waals surface area contributed by atoms with Gasteiger partial charge in [-0.3, -0.25) is 0 Å². The number of anilines is 5. The molecule has 1 heterocycles. The monoisotopic (exact) mass is 535 g/mol. The molecule has 40 heavy (non-hydrogen) atoms. The van der Waals surface area contributed by atoms with Gasteiger partial charge in [0.05, 0.1) is 13.3 Å². The molecule has 10 heteroatoms. The third kappa shape index (κ3) is 7.29. The van der Waals surface area contributed by atoms with Gasteiger partial charge in [0.1, 0.15) is 12.4 Å². The number of benzene rings is 4. The molecule has 0 aliphatic rings. The molecule has 5 aromatic rings. The predicted molar refractivity (Wildman–Crippen MR) is 154 cm³/mol. The molecule has 0 amide bonds. The van der Waals surface area contributed by atoms with Crippen molar-refractivity contribution in [2.45, 2.75) is 6.61 Å². The molecule has 0 saturated carbocycles. The number of ether oxygens (including phenoxy) is 2. The van der Waals surface area contributed by atoms with Crippen LogP contribution in [0.5, 0.6) is 11.5 Å². The van der Waals surface area contributed by atoms with Crippen molar-refractivity contribution in [3.05, 3.63) is 120 Å². The molecule has 0 aliphatic heterocycles. The fraction of sp³-hybridized carbons (Fsp3) is 0.0667. The van der Waals surface area contributed by atoms with Crippen LogP contribution in [0.3, 0.4) is 0 Å². The van der Waals surface area contributed by atoms with Gasteiger partial charge in [-0.05, 0) is 65.7 Å². The van der Waals surface area contributed by atoms with Gasteiger partial charge in [-0.15, -0.1) is 0 Å². The minimum Gasteiger partial charge on any atom is -0.493 e. The second-order valence-corrected chi connectivity index (χ2v) is 8.48. The van der Waals surface area contributed by atoms with E-state index in [0.717, 1.165) is 22.5 Å². The van der Waals surface area contributed by atoms with E-state index in [1.807, 2.05) is 66.7 Å². The minimum absolute atomic E-state index is 0.245. The summed E-state index contributed by atoms with van der Waals surface area (Å²) in [6, 6.07) is 30.8. The fourth-order valence-corrected chi connectivity index (χ4v) is 3.63. The Balaban J connectivity index is 1.29. The number of halogens is 1. The average Bonchev–Trinajstić information content (AvgIpc) is 2.98. The maximum Gasteiger partial charge on any atom is 0.250 e. The van der Waals surface area contributed by atoms with Crippen LogP contribution in [0.1, 0.15) is 11.1 Å². The third-order valence-electron chi connectivity index (χ3n) is 5.57. The van der Waals surface area contributed by atoms with Crippen molar-refractivity contribution in [3.8, 4) is 11.5 Å². The van der Waals surface area contributed by atoms with E-state index in [9.17, 15) is 4.39 Å². The zero-order chi connectivity index (χ0) is 27.6. The Kier molecular flexibility index (Phi) is 8.38. The van der Waals surface area contributed by atoms with Gasteiger partial charge in [0.2, 0.25) is 17.8 Å². The van der Waals surface area contributed by atoms with Crippen LogP contribution in [-0.2, 0) is 6.61 Å². The van der Waals surface area contributed by atoms with Gasteiger partial charge in [0.25, 0.3) is 0 Å². The van der Waals surface area contributed by atoms with Crippen molar-refractivity contribution < 1.29 is 13.9 Å². The molecule has 0 radical (unpaired) electrons. The standard InChI is InChI=1S/C30H26FN7O2/c1-39-27-18-22(14-17-26(27)40-20-21-12-15-23(31)16-13-21)19-32-38-30-36-28(33-24-8-4-2-5-9-24)35-29(37-30)34-25-10-6-3-7-11-25/h2-19H,20H2,1H3,(H3,33,34,35,36,37,38)/b32-19-. The summed E-state index contributed by atoms with van der Waals surface area (Å²) in [6.45, 7) is 0.281. The molecule has 3 N–H and O–H groups in total. The smallest absolute Gasteiger partial charge is 0.250 e. The molecule has 9 nitrogen and oxygen atoms in total. The average molecular weight is 536 g/mol. The maximum atomic E-state index is 13.1. The van der Waals surface area contributed by atoms with Crippen LogP contribution in [0.2, 0.25) is 0 Å². The first-order valence-electron chi connectivity index (χ1n) is 12.4. The second-order valence-electron chi connectivity index (χ2n) is 8.48. The van der Waals surface area contributed by atoms with Crippen molar-refractivity contribution in [2.24, 2.45) is 5.10 Å². The second kappa shape index (κ2) is 12.8. The third-order valence-corrected chi connectivity index (χ3v) is 5.57. The Hall–Kier alpha value is -5.51. The number of rotatable bonds is 11. The quantitative estimate of drug-likeness (QED) is 0.129. The van der Waals surface area contributed by atoms with Crippen molar-refractivity contribution in [3.63, 3.8) is 0 Å². The van der Waals surface area contributed by atoms with E-state index >= 15 is 0 Å². The summed E-state index contributed by atoms with van der Waals surface area (Å²) in [5.41, 5.74) is 6.15. The summed E-state index contributed by atoms with van der Waals surface area (Å²) < 4.78 is 24.5. The first-order chi connectivity index (χ1) is 19.6. The van der Waals surface area contributed by atoms with Crippen molar-refractivity contribution in [1.29, 1.82) is 0 Å². The van der Waals surface area contributed by atoms with Gasteiger partial charge in [-0.25, -0.2) is 9.82 Å². The predicted octanol–water partition coefficient (Wildman–Crippen LogP) is 6.53.